The number of hydrogen-bond acceptors (Lipinski definition) is 4. The number of likely N-dealkylation sites (tertiary alicyclic amines) is 1. The fraction of sp³-hybridized carbons (Fsp3) is 0.464. The summed E-state index contributed by atoms with van der Waals surface area (Å²) in [5.74, 6) is -1.02. The number of carbonyl (C=O) groups excluding carboxylic acids is 2. The molecule has 35 heavy (non-hydrogen) atoms. The summed E-state index contributed by atoms with van der Waals surface area (Å²) in [4.78, 5) is 38.6. The maximum Gasteiger partial charge on any atom is 0.407 e. The minimum absolute atomic E-state index is 0.0229. The number of unbranched alkanes of at least 4 members (excludes halogenated alkanes) is 1. The third-order valence-electron chi connectivity index (χ3n) is 7.10. The van der Waals surface area contributed by atoms with Gasteiger partial charge in [-0.25, -0.2) is 4.79 Å². The maximum absolute atomic E-state index is 13.0. The number of hydrogen-bond donors (Lipinski definition) is 2. The van der Waals surface area contributed by atoms with Crippen LogP contribution >= 0.6 is 0 Å². The van der Waals surface area contributed by atoms with Gasteiger partial charge in [0.25, 0.3) is 0 Å². The number of fused-ring (bicyclic) bond motifs is 3. The molecule has 0 bridgehead atoms. The van der Waals surface area contributed by atoms with E-state index in [2.05, 4.69) is 36.5 Å². The van der Waals surface area contributed by atoms with Crippen molar-refractivity contribution in [1.29, 1.82) is 0 Å². The van der Waals surface area contributed by atoms with Gasteiger partial charge in [-0.05, 0) is 41.5 Å². The molecule has 4 rings (SSSR count). The summed E-state index contributed by atoms with van der Waals surface area (Å²) in [5.41, 5.74) is 4.64. The molecular formula is C28H34N2O5. The van der Waals surface area contributed by atoms with Crippen LogP contribution in [0.4, 0.5) is 4.79 Å². The van der Waals surface area contributed by atoms with Gasteiger partial charge in [0.15, 0.2) is 0 Å². The average Bonchev–Trinajstić information content (AvgIpc) is 3.43. The molecule has 1 fully saturated rings. The molecule has 2 aromatic rings. The second kappa shape index (κ2) is 11.4. The molecule has 7 heteroatoms. The Bertz CT molecular complexity index is 1020. The van der Waals surface area contributed by atoms with Gasteiger partial charge in [0.05, 0.1) is 6.42 Å². The Morgan fingerprint density at radius 3 is 2.37 bits per heavy atom. The summed E-state index contributed by atoms with van der Waals surface area (Å²) in [7, 11) is 0. The van der Waals surface area contributed by atoms with Gasteiger partial charge in [-0.3, -0.25) is 9.59 Å². The van der Waals surface area contributed by atoms with Gasteiger partial charge in [-0.15, -0.1) is 0 Å². The number of carboxylic acids is 1. The number of carboxylic acid groups (broad SMARTS) is 1. The van der Waals surface area contributed by atoms with Crippen molar-refractivity contribution in [3.05, 3.63) is 59.7 Å². The van der Waals surface area contributed by atoms with E-state index in [1.807, 2.05) is 24.3 Å². The van der Waals surface area contributed by atoms with Crippen LogP contribution in [0.2, 0.25) is 0 Å². The zero-order valence-corrected chi connectivity index (χ0v) is 20.2. The van der Waals surface area contributed by atoms with Crippen molar-refractivity contribution in [2.75, 3.05) is 13.2 Å². The summed E-state index contributed by atoms with van der Waals surface area (Å²) in [6.07, 6.45) is 3.60. The van der Waals surface area contributed by atoms with Gasteiger partial charge in [0.2, 0.25) is 5.91 Å². The van der Waals surface area contributed by atoms with E-state index in [1.165, 1.54) is 11.1 Å². The predicted octanol–water partition coefficient (Wildman–Crippen LogP) is 4.94. The zero-order chi connectivity index (χ0) is 24.8. The van der Waals surface area contributed by atoms with Gasteiger partial charge < -0.3 is 20.1 Å². The van der Waals surface area contributed by atoms with E-state index >= 15 is 0 Å². The molecule has 7 nitrogen and oxygen atoms in total. The highest BCUT2D eigenvalue weighted by atomic mass is 16.5. The van der Waals surface area contributed by atoms with Crippen LogP contribution in [0.25, 0.3) is 11.1 Å². The van der Waals surface area contributed by atoms with Crippen LogP contribution in [-0.2, 0) is 14.3 Å². The molecule has 2 amide bonds. The highest BCUT2D eigenvalue weighted by Gasteiger charge is 2.32. The number of rotatable bonds is 10. The summed E-state index contributed by atoms with van der Waals surface area (Å²) >= 11 is 0. The monoisotopic (exact) mass is 478 g/mol. The quantitative estimate of drug-likeness (QED) is 0.504. The van der Waals surface area contributed by atoms with Gasteiger partial charge in [-0.1, -0.05) is 68.3 Å². The first-order valence-electron chi connectivity index (χ1n) is 12.6. The molecule has 1 aliphatic heterocycles. The lowest BCUT2D eigenvalue weighted by Gasteiger charge is -2.26. The molecule has 2 aliphatic rings. The number of nitrogens with zero attached hydrogens (tertiary/aromatic N) is 1. The Morgan fingerprint density at radius 2 is 1.74 bits per heavy atom. The molecular weight excluding hydrogens is 444 g/mol. The SMILES string of the molecule is CCCC[C@H](CC(=O)N1CCC[C@@H]1CC(=O)O)NC(=O)OCC1c2ccccc2-c2ccccc21. The third-order valence-corrected chi connectivity index (χ3v) is 7.10. The van der Waals surface area contributed by atoms with Crippen molar-refractivity contribution in [1.82, 2.24) is 10.2 Å². The van der Waals surface area contributed by atoms with Gasteiger partial charge in [-0.2, -0.15) is 0 Å². The number of ether oxygens (including phenoxy) is 1. The third kappa shape index (κ3) is 5.84. The van der Waals surface area contributed by atoms with E-state index in [-0.39, 0.29) is 43.4 Å². The molecule has 2 aromatic carbocycles. The normalized spacial score (nSPS) is 17.5. The van der Waals surface area contributed by atoms with E-state index in [0.717, 1.165) is 30.4 Å². The topological polar surface area (TPSA) is 95.9 Å². The molecule has 0 saturated carbocycles. The minimum Gasteiger partial charge on any atom is -0.481 e. The highest BCUT2D eigenvalue weighted by Crippen LogP contribution is 2.44. The second-order valence-corrected chi connectivity index (χ2v) is 9.49. The molecule has 2 N–H and O–H groups in total. The first-order valence-corrected chi connectivity index (χ1v) is 12.6. The summed E-state index contributed by atoms with van der Waals surface area (Å²) in [5, 5.41) is 12.1. The Hall–Kier alpha value is -3.35. The van der Waals surface area contributed by atoms with Crippen LogP contribution in [0, 0.1) is 0 Å². The van der Waals surface area contributed by atoms with Crippen LogP contribution in [-0.4, -0.2) is 53.2 Å². The average molecular weight is 479 g/mol. The van der Waals surface area contributed by atoms with E-state index in [1.54, 1.807) is 4.90 Å². The molecule has 0 unspecified atom stereocenters. The van der Waals surface area contributed by atoms with Crippen LogP contribution in [0.5, 0.6) is 0 Å². The molecule has 2 atom stereocenters. The van der Waals surface area contributed by atoms with Crippen LogP contribution in [0.3, 0.4) is 0 Å². The number of benzene rings is 2. The predicted molar refractivity (Wildman–Crippen MR) is 133 cm³/mol. The highest BCUT2D eigenvalue weighted by molar-refractivity contribution is 5.80. The Balaban J connectivity index is 1.37. The van der Waals surface area contributed by atoms with Crippen molar-refractivity contribution < 1.29 is 24.2 Å². The largest absolute Gasteiger partial charge is 0.481 e. The van der Waals surface area contributed by atoms with Crippen molar-refractivity contribution in [2.24, 2.45) is 0 Å². The second-order valence-electron chi connectivity index (χ2n) is 9.49. The molecule has 0 spiro atoms. The van der Waals surface area contributed by atoms with E-state index < -0.39 is 12.1 Å². The summed E-state index contributed by atoms with van der Waals surface area (Å²) in [6.45, 7) is 2.86. The fourth-order valence-electron chi connectivity index (χ4n) is 5.39. The maximum atomic E-state index is 13.0. The molecule has 0 aromatic heterocycles. The molecule has 1 saturated heterocycles. The first-order chi connectivity index (χ1) is 17.0. The lowest BCUT2D eigenvalue weighted by molar-refractivity contribution is -0.140. The van der Waals surface area contributed by atoms with Crippen LogP contribution < -0.4 is 5.32 Å². The smallest absolute Gasteiger partial charge is 0.407 e. The lowest BCUT2D eigenvalue weighted by atomic mass is 9.98. The summed E-state index contributed by atoms with van der Waals surface area (Å²) in [6, 6.07) is 15.8. The molecule has 1 heterocycles. The molecule has 1 aliphatic carbocycles. The number of carbonyl (C=O) groups is 3. The number of aliphatic carboxylic acids is 1. The van der Waals surface area contributed by atoms with Crippen LogP contribution in [0.1, 0.15) is 68.9 Å². The Morgan fingerprint density at radius 1 is 1.09 bits per heavy atom. The number of amides is 2. The fourth-order valence-corrected chi connectivity index (χ4v) is 5.39. The van der Waals surface area contributed by atoms with Crippen molar-refractivity contribution in [3.8, 4) is 11.1 Å². The van der Waals surface area contributed by atoms with E-state index in [9.17, 15) is 14.4 Å². The number of alkyl carbamates (subject to hydrolysis) is 1. The first kappa shape index (κ1) is 24.8. The Kier molecular flexibility index (Phi) is 8.06. The van der Waals surface area contributed by atoms with Crippen molar-refractivity contribution in [3.63, 3.8) is 0 Å². The standard InChI is InChI=1S/C28H34N2O5/c1-2-3-9-19(16-26(31)30-15-8-10-20(30)17-27(32)33)29-28(34)35-18-25-23-13-6-4-11-21(23)22-12-5-7-14-24(22)25/h4-7,11-14,19-20,25H,2-3,8-10,15-18H2,1H3,(H,29,34)(H,32,33)/t19-,20-/m1/s1. The molecule has 0 radical (unpaired) electrons. The van der Waals surface area contributed by atoms with Crippen LogP contribution in [0.15, 0.2) is 48.5 Å². The van der Waals surface area contributed by atoms with Gasteiger partial charge in [0, 0.05) is 31.0 Å². The van der Waals surface area contributed by atoms with Gasteiger partial charge in [0.1, 0.15) is 6.61 Å². The van der Waals surface area contributed by atoms with Crippen molar-refractivity contribution >= 4 is 18.0 Å². The summed E-state index contributed by atoms with van der Waals surface area (Å²) < 4.78 is 5.68. The lowest BCUT2D eigenvalue weighted by Crippen LogP contribution is -2.43. The van der Waals surface area contributed by atoms with Gasteiger partial charge >= 0.3 is 12.1 Å². The van der Waals surface area contributed by atoms with Crippen molar-refractivity contribution in [2.45, 2.75) is 69.9 Å². The minimum atomic E-state index is -0.894. The van der Waals surface area contributed by atoms with E-state index in [4.69, 9.17) is 9.84 Å². The number of nitrogens with one attached hydrogen (secondary N) is 1. The van der Waals surface area contributed by atoms with E-state index in [0.29, 0.717) is 19.4 Å². The zero-order valence-electron chi connectivity index (χ0n) is 20.2. The molecule has 186 valence electrons. The Labute approximate surface area is 206 Å².